The molecule has 0 amide bonds. The van der Waals surface area contributed by atoms with Crippen molar-refractivity contribution in [2.75, 3.05) is 0 Å². The van der Waals surface area contributed by atoms with Crippen molar-refractivity contribution >= 4 is 126 Å². The fourth-order valence-corrected chi connectivity index (χ4v) is 11.2. The molecule has 0 spiro atoms. The summed E-state index contributed by atoms with van der Waals surface area (Å²) in [5.41, 5.74) is 0. The van der Waals surface area contributed by atoms with Gasteiger partial charge in [0.1, 0.15) is 149 Å². The van der Waals surface area contributed by atoms with Gasteiger partial charge in [-0.2, -0.15) is 0 Å². The topological polar surface area (TPSA) is 485 Å². The third kappa shape index (κ3) is 70.9. The van der Waals surface area contributed by atoms with Gasteiger partial charge >= 0.3 is 185 Å². The van der Waals surface area contributed by atoms with Crippen LogP contribution in [0.25, 0.3) is 0 Å². The summed E-state index contributed by atoms with van der Waals surface area (Å²) in [6.45, 7) is 63.9. The van der Waals surface area contributed by atoms with Crippen molar-refractivity contribution in [1.29, 1.82) is 0 Å². The standard InChI is InChI=1S/12C7H13N2.6FH.18O.6Sb/c12*1-4-9-6-5-8(3)7(9)2;;;;;;;;;;;;;;;;;;;;;;;;;;;;;;/h12*5-6H,4H2,1-3H3;6*1H;;;;;;;;;;;;;;;;;;;;;;;;/q12*+1;;;;;;;;;;;;;12*-1;;;;;;. The Morgan fingerprint density at radius 1 is 0.159 bits per heavy atom. The van der Waals surface area contributed by atoms with E-state index < -0.39 is 126 Å². The number of aryl methyl sites for hydroxylation is 24. The van der Waals surface area contributed by atoms with E-state index >= 15 is 0 Å². The van der Waals surface area contributed by atoms with Crippen LogP contribution >= 0.6 is 0 Å². The molecule has 798 valence electrons. The minimum atomic E-state index is -4.20. The molecule has 42 nitrogen and oxygen atoms in total. The van der Waals surface area contributed by atoms with Gasteiger partial charge < -0.3 is 0 Å². The van der Waals surface area contributed by atoms with Gasteiger partial charge in [0, 0.05) is 83.1 Å². The molecule has 12 aromatic rings. The van der Waals surface area contributed by atoms with Gasteiger partial charge in [0.05, 0.1) is 163 Å². The van der Waals surface area contributed by atoms with E-state index in [2.05, 4.69) is 509 Å². The van der Waals surface area contributed by atoms with Crippen LogP contribution in [0.15, 0.2) is 149 Å². The summed E-state index contributed by atoms with van der Waals surface area (Å²) < 4.78 is 207. The molecule has 0 atom stereocenters. The van der Waals surface area contributed by atoms with Crippen molar-refractivity contribution < 1.29 is 142 Å². The number of hydrogen-bond donors (Lipinski definition) is 0. The van der Waals surface area contributed by atoms with Gasteiger partial charge in [-0.05, 0) is 83.1 Å². The maximum atomic E-state index is 8.60. The molecule has 138 heavy (non-hydrogen) atoms. The molecule has 12 rings (SSSR count). The average molecular weight is 2640 g/mol. The number of rotatable bonds is 12. The Morgan fingerprint density at radius 3 is 0.217 bits per heavy atom. The van der Waals surface area contributed by atoms with Crippen molar-refractivity contribution in [2.24, 2.45) is 84.6 Å². The molecule has 0 aliphatic heterocycles. The van der Waals surface area contributed by atoms with E-state index in [4.69, 9.17) is 58.7 Å². The summed E-state index contributed by atoms with van der Waals surface area (Å²) in [4.78, 5) is 0. The molecular weight excluding hydrogens is 2480 g/mol. The van der Waals surface area contributed by atoms with Gasteiger partial charge in [0.25, 0.3) is 69.9 Å². The van der Waals surface area contributed by atoms with E-state index in [-0.39, 0.29) is 28.2 Å². The summed E-state index contributed by atoms with van der Waals surface area (Å²) in [5, 5.41) is 0. The molecule has 0 saturated heterocycles. The number of halogens is 6. The number of aromatic nitrogens is 24. The van der Waals surface area contributed by atoms with Crippen LogP contribution in [0.2, 0.25) is 0 Å². The molecule has 0 aliphatic rings. The zero-order valence-corrected chi connectivity index (χ0v) is 103. The van der Waals surface area contributed by atoms with E-state index in [1.807, 2.05) is 0 Å². The summed E-state index contributed by atoms with van der Waals surface area (Å²) in [6.07, 6.45) is 49.9. The summed E-state index contributed by atoms with van der Waals surface area (Å²) in [7, 11) is 24.7. The predicted molar refractivity (Wildman–Crippen MR) is 486 cm³/mol. The first-order chi connectivity index (χ1) is 61.4. The zero-order chi connectivity index (χ0) is 104. The third-order valence-corrected chi connectivity index (χ3v) is 20.8. The number of imidazole rings is 12. The van der Waals surface area contributed by atoms with Crippen molar-refractivity contribution in [3.8, 4) is 0 Å². The van der Waals surface area contributed by atoms with Gasteiger partial charge in [0.2, 0.25) is 0 Å². The number of nitrogens with zero attached hydrogens (tertiary/aromatic N) is 24. The summed E-state index contributed by atoms with van der Waals surface area (Å²) in [5.74, 6) is 15.6. The molecule has 0 aliphatic carbocycles. The van der Waals surface area contributed by atoms with Gasteiger partial charge in [0.15, 0.2) is 0 Å². The molecule has 6 radical (unpaired) electrons. The predicted octanol–water partition coefficient (Wildman–Crippen LogP) is -8.66. The third-order valence-electron chi connectivity index (χ3n) is 20.8. The minimum absolute atomic E-state index is 0. The van der Waals surface area contributed by atoms with Crippen molar-refractivity contribution in [2.45, 2.75) is 245 Å². The van der Waals surface area contributed by atoms with Gasteiger partial charge in [-0.1, -0.05) is 0 Å². The zero-order valence-electron chi connectivity index (χ0n) is 87.6. The summed E-state index contributed by atoms with van der Waals surface area (Å²) in [6, 6.07) is 0. The first-order valence-corrected chi connectivity index (χ1v) is 61.3. The van der Waals surface area contributed by atoms with Crippen LogP contribution in [0, 0.1) is 83.1 Å². The monoisotopic (exact) mass is 2630 g/mol. The molecule has 12 aromatic heterocycles. The number of hydrogen-bond acceptors (Lipinski definition) is 18. The molecule has 0 aromatic carbocycles. The SMILES string of the molecule is CCn1cc[n+](C)c1C.CCn1cc[n+](C)c1C.CCn1cc[n+](C)c1C.CCn1cc[n+](C)c1C.CCn1cc[n+](C)c1C.CCn1cc[n+](C)c1C.CCn1cc[n+](C)c1C.CCn1cc[n+](C)c1C.CCn1cc[n+](C)c1C.CCn1cc[n+](C)c1C.CCn1cc[n+](C)c1C.CCn1cc[n+](C)c1C.F.F.F.F.F.F.[O]=[Sb]([O-])[O-].[O]=[Sb]([O-])[O-].[O]=[Sb]([O-])[O-].[O]=[Sb]([O-])[O-].[O]=[Sb]([O-])[O-].[O]=[Sb]([O-])[O-]. The fraction of sp³-hybridized carbons (Fsp3) is 0.571. The molecule has 54 heteroatoms. The second-order valence-corrected chi connectivity index (χ2v) is 35.9. The molecule has 0 N–H and O–H groups in total. The second kappa shape index (κ2) is 90.4. The van der Waals surface area contributed by atoms with Crippen LogP contribution in [0.4, 0.5) is 28.2 Å². The Morgan fingerprint density at radius 2 is 0.203 bits per heavy atom. The van der Waals surface area contributed by atoms with E-state index in [1.165, 1.54) is 69.9 Å². The second-order valence-electron chi connectivity index (χ2n) is 28.2. The van der Waals surface area contributed by atoms with Crippen molar-refractivity contribution in [3.63, 3.8) is 0 Å². The maximum absolute atomic E-state index is 8.60. The van der Waals surface area contributed by atoms with Gasteiger partial charge in [-0.15, -0.1) is 0 Å². The van der Waals surface area contributed by atoms with Crippen LogP contribution in [0.3, 0.4) is 0 Å². The van der Waals surface area contributed by atoms with Crippen LogP contribution < -0.4 is 95.4 Å². The fourth-order valence-electron chi connectivity index (χ4n) is 11.2. The van der Waals surface area contributed by atoms with Crippen molar-refractivity contribution in [3.05, 3.63) is 219 Å². The first kappa shape index (κ1) is 157. The average Bonchev–Trinajstić information content (AvgIpc) is 1.87. The van der Waals surface area contributed by atoms with E-state index in [0.717, 1.165) is 78.5 Å². The van der Waals surface area contributed by atoms with Crippen molar-refractivity contribution in [1.82, 2.24) is 54.8 Å². The normalized spacial score (nSPS) is 9.04. The Bertz CT molecular complexity index is 4100. The molecule has 0 bridgehead atoms. The van der Waals surface area contributed by atoms with Gasteiger partial charge in [-0.25, -0.2) is 110 Å². The molecular formula is C84H162F6N24O18Sb6. The van der Waals surface area contributed by atoms with E-state index in [1.54, 1.807) is 0 Å². The Hall–Kier alpha value is -6.67. The summed E-state index contributed by atoms with van der Waals surface area (Å²) >= 11 is -25.2. The Kier molecular flexibility index (Phi) is 103. The van der Waals surface area contributed by atoms with Crippen LogP contribution in [-0.4, -0.2) is 181 Å². The molecule has 0 saturated carbocycles. The molecule has 0 unspecified atom stereocenters. The first-order valence-electron chi connectivity index (χ1n) is 42.5. The van der Waals surface area contributed by atoms with E-state index in [0.29, 0.717) is 0 Å². The van der Waals surface area contributed by atoms with Gasteiger partial charge in [-0.3, -0.25) is 28.2 Å². The Balaban J connectivity index is -0.000000122. The molecule has 0 fully saturated rings. The van der Waals surface area contributed by atoms with Crippen LogP contribution in [0.5, 0.6) is 0 Å². The Labute approximate surface area is 862 Å². The van der Waals surface area contributed by atoms with Crippen LogP contribution in [0.1, 0.15) is 153 Å². The molecule has 12 heterocycles. The van der Waals surface area contributed by atoms with Crippen LogP contribution in [-0.2, 0) is 181 Å². The van der Waals surface area contributed by atoms with E-state index in [9.17, 15) is 0 Å². The quantitative estimate of drug-likeness (QED) is 0.0623.